The summed E-state index contributed by atoms with van der Waals surface area (Å²) >= 11 is 0. The molecule has 0 spiro atoms. The highest BCUT2D eigenvalue weighted by molar-refractivity contribution is 5.92. The maximum atomic E-state index is 12.2. The molecule has 1 aromatic heterocycles. The fourth-order valence-corrected chi connectivity index (χ4v) is 3.01. The minimum atomic E-state index is -0.188. The highest BCUT2D eigenvalue weighted by atomic mass is 16.5. The van der Waals surface area contributed by atoms with Crippen LogP contribution in [0.5, 0.6) is 0 Å². The van der Waals surface area contributed by atoms with Gasteiger partial charge in [-0.2, -0.15) is 0 Å². The van der Waals surface area contributed by atoms with Crippen molar-refractivity contribution < 1.29 is 14.1 Å². The molecule has 2 aliphatic rings. The number of rotatable bonds is 8. The lowest BCUT2D eigenvalue weighted by Crippen LogP contribution is -2.49. The number of nitrogens with one attached hydrogen (secondary N) is 2. The van der Waals surface area contributed by atoms with E-state index in [1.54, 1.807) is 6.07 Å². The topological polar surface area (TPSA) is 84.2 Å². The van der Waals surface area contributed by atoms with Crippen molar-refractivity contribution in [2.45, 2.75) is 57.8 Å². The fraction of sp³-hybridized carbons (Fsp3) is 0.706. The number of nitrogens with zero attached hydrogens (tertiary/aromatic N) is 1. The van der Waals surface area contributed by atoms with E-state index in [-0.39, 0.29) is 17.2 Å². The predicted molar refractivity (Wildman–Crippen MR) is 85.0 cm³/mol. The minimum absolute atomic E-state index is 0.00210. The molecule has 6 nitrogen and oxygen atoms in total. The molecular formula is C17H25N3O3. The van der Waals surface area contributed by atoms with Gasteiger partial charge in [-0.15, -0.1) is 0 Å². The van der Waals surface area contributed by atoms with E-state index < -0.39 is 0 Å². The Morgan fingerprint density at radius 3 is 2.65 bits per heavy atom. The molecule has 0 unspecified atom stereocenters. The third-order valence-electron chi connectivity index (χ3n) is 4.92. The first-order valence-electron chi connectivity index (χ1n) is 8.63. The molecule has 0 saturated heterocycles. The average molecular weight is 319 g/mol. The van der Waals surface area contributed by atoms with Gasteiger partial charge >= 0.3 is 0 Å². The summed E-state index contributed by atoms with van der Waals surface area (Å²) in [6, 6.07) is 1.75. The second-order valence-electron chi connectivity index (χ2n) is 6.95. The Morgan fingerprint density at radius 1 is 1.30 bits per heavy atom. The first kappa shape index (κ1) is 16.0. The standard InChI is InChI=1S/C17H25N3O3/c1-2-4-15(21)18-10-17(7-3-8-17)11-19-16(22)13-9-14(23-20-13)12-5-6-12/h9,12H,2-8,10-11H2,1H3,(H,18,21)(H,19,22). The van der Waals surface area contributed by atoms with E-state index >= 15 is 0 Å². The lowest BCUT2D eigenvalue weighted by Gasteiger charge is -2.42. The molecule has 2 saturated carbocycles. The van der Waals surface area contributed by atoms with E-state index in [9.17, 15) is 9.59 Å². The Balaban J connectivity index is 1.48. The molecule has 2 fully saturated rings. The Morgan fingerprint density at radius 2 is 2.04 bits per heavy atom. The summed E-state index contributed by atoms with van der Waals surface area (Å²) in [6.07, 6.45) is 6.87. The van der Waals surface area contributed by atoms with Crippen LogP contribution in [0.25, 0.3) is 0 Å². The third kappa shape index (κ3) is 3.92. The van der Waals surface area contributed by atoms with Crippen LogP contribution >= 0.6 is 0 Å². The second kappa shape index (κ2) is 6.72. The minimum Gasteiger partial charge on any atom is -0.360 e. The lowest BCUT2D eigenvalue weighted by molar-refractivity contribution is -0.121. The molecule has 0 radical (unpaired) electrons. The van der Waals surface area contributed by atoms with E-state index in [2.05, 4.69) is 15.8 Å². The molecule has 2 aliphatic carbocycles. The van der Waals surface area contributed by atoms with Crippen LogP contribution in [-0.4, -0.2) is 30.1 Å². The van der Waals surface area contributed by atoms with E-state index in [0.717, 1.165) is 44.3 Å². The van der Waals surface area contributed by atoms with Gasteiger partial charge in [0.1, 0.15) is 5.76 Å². The summed E-state index contributed by atoms with van der Waals surface area (Å²) in [7, 11) is 0. The molecule has 0 bridgehead atoms. The van der Waals surface area contributed by atoms with Gasteiger partial charge in [-0.1, -0.05) is 18.5 Å². The molecule has 0 aliphatic heterocycles. The van der Waals surface area contributed by atoms with Crippen LogP contribution in [0.15, 0.2) is 10.6 Å². The summed E-state index contributed by atoms with van der Waals surface area (Å²) in [5.74, 6) is 1.18. The Bertz CT molecular complexity index is 573. The zero-order valence-electron chi connectivity index (χ0n) is 13.7. The second-order valence-corrected chi connectivity index (χ2v) is 6.95. The van der Waals surface area contributed by atoms with Crippen molar-refractivity contribution in [1.82, 2.24) is 15.8 Å². The van der Waals surface area contributed by atoms with Gasteiger partial charge < -0.3 is 15.2 Å². The monoisotopic (exact) mass is 319 g/mol. The Hall–Kier alpha value is -1.85. The molecule has 0 atom stereocenters. The summed E-state index contributed by atoms with van der Waals surface area (Å²) in [5.41, 5.74) is 0.360. The molecule has 126 valence electrons. The van der Waals surface area contributed by atoms with Crippen LogP contribution < -0.4 is 10.6 Å². The average Bonchev–Trinajstić information content (AvgIpc) is 3.23. The zero-order chi connectivity index (χ0) is 16.3. The molecule has 23 heavy (non-hydrogen) atoms. The van der Waals surface area contributed by atoms with E-state index in [1.165, 1.54) is 0 Å². The third-order valence-corrected chi connectivity index (χ3v) is 4.92. The number of hydrogen-bond acceptors (Lipinski definition) is 4. The molecule has 0 aromatic carbocycles. The van der Waals surface area contributed by atoms with Crippen LogP contribution in [0.1, 0.15) is 74.0 Å². The molecule has 1 heterocycles. The molecule has 1 aromatic rings. The quantitative estimate of drug-likeness (QED) is 0.770. The highest BCUT2D eigenvalue weighted by Gasteiger charge is 2.37. The first-order chi connectivity index (χ1) is 11.1. The first-order valence-corrected chi connectivity index (χ1v) is 8.63. The lowest BCUT2D eigenvalue weighted by atomic mass is 9.68. The van der Waals surface area contributed by atoms with Gasteiger partial charge in [0.25, 0.3) is 5.91 Å². The van der Waals surface area contributed by atoms with Crippen molar-refractivity contribution >= 4 is 11.8 Å². The Labute approximate surface area is 136 Å². The summed E-state index contributed by atoms with van der Waals surface area (Å²) in [5, 5.41) is 9.81. The van der Waals surface area contributed by atoms with Gasteiger partial charge in [-0.25, -0.2) is 0 Å². The summed E-state index contributed by atoms with van der Waals surface area (Å²) in [6.45, 7) is 3.20. The van der Waals surface area contributed by atoms with Crippen molar-refractivity contribution in [3.8, 4) is 0 Å². The molecule has 2 N–H and O–H groups in total. The van der Waals surface area contributed by atoms with Gasteiger partial charge in [0.2, 0.25) is 5.91 Å². The fourth-order valence-electron chi connectivity index (χ4n) is 3.01. The Kier molecular flexibility index (Phi) is 4.68. The van der Waals surface area contributed by atoms with Gasteiger partial charge in [0, 0.05) is 36.9 Å². The molecular weight excluding hydrogens is 294 g/mol. The smallest absolute Gasteiger partial charge is 0.273 e. The van der Waals surface area contributed by atoms with Gasteiger partial charge in [0.05, 0.1) is 0 Å². The molecule has 3 rings (SSSR count). The van der Waals surface area contributed by atoms with Gasteiger partial charge in [0.15, 0.2) is 5.69 Å². The number of carbonyl (C=O) groups excluding carboxylic acids is 2. The van der Waals surface area contributed by atoms with Crippen LogP contribution in [0, 0.1) is 5.41 Å². The number of carbonyl (C=O) groups is 2. The van der Waals surface area contributed by atoms with E-state index in [4.69, 9.17) is 4.52 Å². The van der Waals surface area contributed by atoms with Crippen LogP contribution in [-0.2, 0) is 4.79 Å². The summed E-state index contributed by atoms with van der Waals surface area (Å²) in [4.78, 5) is 23.8. The van der Waals surface area contributed by atoms with Crippen molar-refractivity contribution in [3.63, 3.8) is 0 Å². The zero-order valence-corrected chi connectivity index (χ0v) is 13.7. The van der Waals surface area contributed by atoms with Crippen molar-refractivity contribution in [2.75, 3.05) is 13.1 Å². The molecule has 6 heteroatoms. The van der Waals surface area contributed by atoms with Crippen LogP contribution in [0.4, 0.5) is 0 Å². The van der Waals surface area contributed by atoms with E-state index in [0.29, 0.717) is 31.1 Å². The van der Waals surface area contributed by atoms with Crippen LogP contribution in [0.3, 0.4) is 0 Å². The summed E-state index contributed by atoms with van der Waals surface area (Å²) < 4.78 is 5.22. The van der Waals surface area contributed by atoms with Crippen molar-refractivity contribution in [2.24, 2.45) is 5.41 Å². The highest BCUT2D eigenvalue weighted by Crippen LogP contribution is 2.41. The normalized spacial score (nSPS) is 19.0. The maximum absolute atomic E-state index is 12.2. The number of aromatic nitrogens is 1. The van der Waals surface area contributed by atoms with Crippen LogP contribution in [0.2, 0.25) is 0 Å². The largest absolute Gasteiger partial charge is 0.360 e. The predicted octanol–water partition coefficient (Wildman–Crippen LogP) is 2.37. The van der Waals surface area contributed by atoms with Crippen molar-refractivity contribution in [3.05, 3.63) is 17.5 Å². The maximum Gasteiger partial charge on any atom is 0.273 e. The van der Waals surface area contributed by atoms with Gasteiger partial charge in [-0.3, -0.25) is 9.59 Å². The SMILES string of the molecule is CCCC(=O)NCC1(CNC(=O)c2cc(C3CC3)on2)CCC1. The molecule has 2 amide bonds. The van der Waals surface area contributed by atoms with E-state index in [1.807, 2.05) is 6.92 Å². The van der Waals surface area contributed by atoms with Crippen molar-refractivity contribution in [1.29, 1.82) is 0 Å². The number of hydrogen-bond donors (Lipinski definition) is 2. The number of amides is 2. The van der Waals surface area contributed by atoms with Gasteiger partial charge in [-0.05, 0) is 32.1 Å².